The third kappa shape index (κ3) is 4.29. The average molecular weight is 406 g/mol. The van der Waals surface area contributed by atoms with Crippen LogP contribution in [0.15, 0.2) is 42.7 Å². The summed E-state index contributed by atoms with van der Waals surface area (Å²) in [6, 6.07) is 8.75. The van der Waals surface area contributed by atoms with Crippen LogP contribution in [0.4, 0.5) is 4.39 Å². The molecule has 1 atom stereocenters. The van der Waals surface area contributed by atoms with Crippen molar-refractivity contribution >= 4 is 23.3 Å². The number of halogens is 2. The van der Waals surface area contributed by atoms with E-state index in [4.69, 9.17) is 9.47 Å². The van der Waals surface area contributed by atoms with Gasteiger partial charge >= 0.3 is 0 Å². The molecule has 1 fully saturated rings. The van der Waals surface area contributed by atoms with Crippen LogP contribution in [-0.2, 0) is 15.9 Å². The van der Waals surface area contributed by atoms with Crippen molar-refractivity contribution < 1.29 is 13.9 Å². The summed E-state index contributed by atoms with van der Waals surface area (Å²) in [7, 11) is 0. The lowest BCUT2D eigenvalue weighted by atomic mass is 10.0. The van der Waals surface area contributed by atoms with Crippen LogP contribution in [0.25, 0.3) is 10.9 Å². The van der Waals surface area contributed by atoms with Gasteiger partial charge in [-0.2, -0.15) is 0 Å². The van der Waals surface area contributed by atoms with Crippen LogP contribution in [0, 0.1) is 19.7 Å². The van der Waals surface area contributed by atoms with Crippen molar-refractivity contribution in [2.45, 2.75) is 39.0 Å². The molecule has 3 heterocycles. The summed E-state index contributed by atoms with van der Waals surface area (Å²) in [5, 5.41) is 1.18. The van der Waals surface area contributed by atoms with E-state index in [9.17, 15) is 4.39 Å². The van der Waals surface area contributed by atoms with Crippen LogP contribution in [0.1, 0.15) is 23.2 Å². The molecule has 4 rings (SSSR count). The Morgan fingerprint density at radius 3 is 2.61 bits per heavy atom. The molecule has 0 spiro atoms. The first kappa shape index (κ1) is 20.6. The molecule has 3 aromatic rings. The fraction of sp³-hybridized carbons (Fsp3) is 0.381. The number of fused-ring (bicyclic) bond motifs is 1. The highest BCUT2D eigenvalue weighted by Crippen LogP contribution is 2.24. The molecule has 1 unspecified atom stereocenters. The van der Waals surface area contributed by atoms with E-state index < -0.39 is 0 Å². The van der Waals surface area contributed by atoms with E-state index in [1.54, 1.807) is 0 Å². The number of hydrogen-bond acceptors (Lipinski definition) is 4. The fourth-order valence-electron chi connectivity index (χ4n) is 3.64. The number of hydrogen-bond donors (Lipinski definition) is 1. The predicted octanol–water partition coefficient (Wildman–Crippen LogP) is 4.13. The maximum atomic E-state index is 13.3. The molecule has 1 N–H and O–H groups in total. The van der Waals surface area contributed by atoms with Gasteiger partial charge in [0.2, 0.25) is 0 Å². The first-order chi connectivity index (χ1) is 13.1. The summed E-state index contributed by atoms with van der Waals surface area (Å²) < 4.78 is 26.7. The highest BCUT2D eigenvalue weighted by molar-refractivity contribution is 5.85. The number of benzene rings is 1. The Hall–Kier alpha value is -2.15. The monoisotopic (exact) mass is 405 g/mol. The van der Waals surface area contributed by atoms with Crippen LogP contribution in [-0.4, -0.2) is 35.2 Å². The maximum absolute atomic E-state index is 13.3. The highest BCUT2D eigenvalue weighted by Gasteiger charge is 2.23. The number of pyridine rings is 1. The zero-order valence-corrected chi connectivity index (χ0v) is 16.8. The van der Waals surface area contributed by atoms with E-state index in [0.29, 0.717) is 19.6 Å². The molecule has 1 aliphatic heterocycles. The summed E-state index contributed by atoms with van der Waals surface area (Å²) in [4.78, 5) is 4.28. The van der Waals surface area contributed by atoms with E-state index in [2.05, 4.69) is 28.9 Å². The number of ether oxygens (including phenoxy) is 2. The van der Waals surface area contributed by atoms with Crippen molar-refractivity contribution in [3.63, 3.8) is 0 Å². The Bertz CT molecular complexity index is 923. The van der Waals surface area contributed by atoms with E-state index in [-0.39, 0.29) is 30.6 Å². The Morgan fingerprint density at radius 2 is 1.89 bits per heavy atom. The Kier molecular flexibility index (Phi) is 6.54. The summed E-state index contributed by atoms with van der Waals surface area (Å²) in [5.74, 6) is -0.223. The lowest BCUT2D eigenvalue weighted by Crippen LogP contribution is -2.34. The average Bonchev–Trinajstić information content (AvgIpc) is 3.27. The van der Waals surface area contributed by atoms with Gasteiger partial charge in [-0.3, -0.25) is 9.66 Å². The summed E-state index contributed by atoms with van der Waals surface area (Å²) in [6.45, 7) is 5.47. The summed E-state index contributed by atoms with van der Waals surface area (Å²) >= 11 is 0. The number of nitrogens with zero attached hydrogens (tertiary/aromatic N) is 2. The second kappa shape index (κ2) is 8.90. The largest absolute Gasteiger partial charge is 0.350 e. The Morgan fingerprint density at radius 1 is 1.18 bits per heavy atom. The lowest BCUT2D eigenvalue weighted by molar-refractivity contribution is -0.0499. The van der Waals surface area contributed by atoms with Crippen molar-refractivity contribution in [1.82, 2.24) is 9.66 Å². The number of aryl methyl sites for hydroxylation is 1. The number of nitrogens with one attached hydrogen (secondary N) is 1. The van der Waals surface area contributed by atoms with Gasteiger partial charge in [-0.1, -0.05) is 12.1 Å². The third-order valence-electron chi connectivity index (χ3n) is 5.20. The smallest absolute Gasteiger partial charge is 0.159 e. The van der Waals surface area contributed by atoms with Crippen LogP contribution < -0.4 is 5.43 Å². The predicted molar refractivity (Wildman–Crippen MR) is 110 cm³/mol. The standard InChI is InChI=1S/C21H24FN3O2.ClH/c1-14-15(2)25(20-13-23-8-7-19(14)20)24-18(12-21-26-9-10-27-21)11-16-3-5-17(22)6-4-16;/h3-8,13,18,21,24H,9-12H2,1-2H3;1H. The van der Waals surface area contributed by atoms with Gasteiger partial charge in [0, 0.05) is 23.7 Å². The number of aromatic nitrogens is 2. The normalized spacial score (nSPS) is 15.5. The molecule has 28 heavy (non-hydrogen) atoms. The minimum Gasteiger partial charge on any atom is -0.350 e. The van der Waals surface area contributed by atoms with Crippen molar-refractivity contribution in [2.75, 3.05) is 18.6 Å². The van der Waals surface area contributed by atoms with Gasteiger partial charge in [0.15, 0.2) is 6.29 Å². The highest BCUT2D eigenvalue weighted by atomic mass is 35.5. The first-order valence-corrected chi connectivity index (χ1v) is 9.27. The van der Waals surface area contributed by atoms with Crippen LogP contribution in [0.5, 0.6) is 0 Å². The number of rotatable bonds is 6. The topological polar surface area (TPSA) is 48.3 Å². The molecule has 2 aromatic heterocycles. The minimum absolute atomic E-state index is 0. The van der Waals surface area contributed by atoms with Crippen molar-refractivity contribution in [3.8, 4) is 0 Å². The second-order valence-corrected chi connectivity index (χ2v) is 7.00. The molecule has 1 saturated heterocycles. The molecule has 0 radical (unpaired) electrons. The van der Waals surface area contributed by atoms with E-state index in [1.807, 2.05) is 30.6 Å². The summed E-state index contributed by atoms with van der Waals surface area (Å²) in [6.07, 6.45) is 4.91. The van der Waals surface area contributed by atoms with Gasteiger partial charge in [-0.25, -0.2) is 4.39 Å². The molecular formula is C21H25ClFN3O2. The molecule has 7 heteroatoms. The SMILES string of the molecule is Cc1c(C)n(NC(Cc2ccc(F)cc2)CC2OCCO2)c2cnccc12.Cl. The molecule has 5 nitrogen and oxygen atoms in total. The first-order valence-electron chi connectivity index (χ1n) is 9.27. The van der Waals surface area contributed by atoms with Crippen molar-refractivity contribution in [2.24, 2.45) is 0 Å². The Labute approximate surface area is 170 Å². The van der Waals surface area contributed by atoms with Crippen molar-refractivity contribution in [1.29, 1.82) is 0 Å². The molecule has 0 saturated carbocycles. The molecule has 0 aliphatic carbocycles. The zero-order chi connectivity index (χ0) is 18.8. The lowest BCUT2D eigenvalue weighted by Gasteiger charge is -2.24. The summed E-state index contributed by atoms with van der Waals surface area (Å²) in [5.41, 5.74) is 8.11. The quantitative estimate of drug-likeness (QED) is 0.669. The van der Waals surface area contributed by atoms with E-state index in [1.165, 1.54) is 23.1 Å². The molecule has 1 aromatic carbocycles. The minimum atomic E-state index is -0.223. The van der Waals surface area contributed by atoms with Gasteiger partial charge in [-0.15, -0.1) is 12.4 Å². The molecule has 1 aliphatic rings. The second-order valence-electron chi connectivity index (χ2n) is 7.00. The van der Waals surface area contributed by atoms with E-state index >= 15 is 0 Å². The molecule has 150 valence electrons. The van der Waals surface area contributed by atoms with Crippen molar-refractivity contribution in [3.05, 3.63) is 65.4 Å². The Balaban J connectivity index is 0.00000225. The van der Waals surface area contributed by atoms with Crippen LogP contribution in [0.2, 0.25) is 0 Å². The zero-order valence-electron chi connectivity index (χ0n) is 16.0. The van der Waals surface area contributed by atoms with Crippen LogP contribution in [0.3, 0.4) is 0 Å². The fourth-order valence-corrected chi connectivity index (χ4v) is 3.64. The maximum Gasteiger partial charge on any atom is 0.159 e. The molecular weight excluding hydrogens is 381 g/mol. The van der Waals surface area contributed by atoms with E-state index in [0.717, 1.165) is 23.2 Å². The van der Waals surface area contributed by atoms with Gasteiger partial charge in [-0.05, 0) is 49.6 Å². The van der Waals surface area contributed by atoms with Crippen LogP contribution >= 0.6 is 12.4 Å². The van der Waals surface area contributed by atoms with Gasteiger partial charge in [0.1, 0.15) is 5.82 Å². The molecule has 0 amide bonds. The molecule has 0 bridgehead atoms. The third-order valence-corrected chi connectivity index (χ3v) is 5.20. The van der Waals surface area contributed by atoms with Gasteiger partial charge < -0.3 is 14.9 Å². The van der Waals surface area contributed by atoms with Gasteiger partial charge in [0.05, 0.1) is 31.0 Å². The van der Waals surface area contributed by atoms with Gasteiger partial charge in [0.25, 0.3) is 0 Å².